The Morgan fingerprint density at radius 1 is 1.12 bits per heavy atom. The molecule has 3 saturated heterocycles. The second kappa shape index (κ2) is 5.67. The smallest absolute Gasteiger partial charge is 0.313 e. The lowest BCUT2D eigenvalue weighted by Crippen LogP contribution is -2.59. The van der Waals surface area contributed by atoms with Crippen LogP contribution in [0.25, 0.3) is 0 Å². The maximum absolute atomic E-state index is 13.4. The van der Waals surface area contributed by atoms with E-state index >= 15 is 0 Å². The standard InChI is InChI=1S/C17H17NO5S2/c1-22-13(19)11-12(14(20)23-2)17-18(8-9-24-17)15(21)16(11,25-17)10-6-4-3-5-7-10/h3-7,11-12H,8-9H2,1-2H3/t11-,12+,16+,17-/m1/s1. The maximum Gasteiger partial charge on any atom is 0.313 e. The van der Waals surface area contributed by atoms with Crippen LogP contribution in [-0.4, -0.2) is 53.5 Å². The van der Waals surface area contributed by atoms with Gasteiger partial charge in [-0.25, -0.2) is 0 Å². The average molecular weight is 379 g/mol. The number of thioether (sulfide) groups is 2. The SMILES string of the molecule is COC(=O)[C@@H]1[C@H](C(=O)OC)[C@]2(c3ccccc3)S[C@]13SCCN3C2=O. The predicted octanol–water partition coefficient (Wildman–Crippen LogP) is 1.45. The first-order valence-corrected chi connectivity index (χ1v) is 9.70. The van der Waals surface area contributed by atoms with Crippen molar-refractivity contribution in [3.8, 4) is 0 Å². The Balaban J connectivity index is 1.96. The van der Waals surface area contributed by atoms with Gasteiger partial charge in [-0.3, -0.25) is 14.4 Å². The number of amides is 1. The number of esters is 2. The van der Waals surface area contributed by atoms with Gasteiger partial charge in [0.25, 0.3) is 0 Å². The summed E-state index contributed by atoms with van der Waals surface area (Å²) in [5, 5.41) is 0. The van der Waals surface area contributed by atoms with Gasteiger partial charge in [0.2, 0.25) is 5.91 Å². The van der Waals surface area contributed by atoms with Gasteiger partial charge < -0.3 is 14.4 Å². The van der Waals surface area contributed by atoms with Crippen LogP contribution >= 0.6 is 23.5 Å². The van der Waals surface area contributed by atoms with E-state index in [1.807, 2.05) is 30.3 Å². The van der Waals surface area contributed by atoms with E-state index in [0.29, 0.717) is 6.54 Å². The molecule has 0 N–H and O–H groups in total. The van der Waals surface area contributed by atoms with E-state index < -0.39 is 32.7 Å². The Labute approximate surface area is 153 Å². The molecule has 6 nitrogen and oxygen atoms in total. The first-order valence-electron chi connectivity index (χ1n) is 7.90. The van der Waals surface area contributed by atoms with Crippen LogP contribution in [0.15, 0.2) is 30.3 Å². The zero-order chi connectivity index (χ0) is 17.8. The van der Waals surface area contributed by atoms with Gasteiger partial charge in [0.05, 0.1) is 14.2 Å². The summed E-state index contributed by atoms with van der Waals surface area (Å²) in [5.41, 5.74) is 0.723. The highest BCUT2D eigenvalue weighted by Crippen LogP contribution is 2.74. The Bertz CT molecular complexity index is 757. The fraction of sp³-hybridized carbons (Fsp3) is 0.471. The van der Waals surface area contributed by atoms with Crippen LogP contribution in [0.3, 0.4) is 0 Å². The third kappa shape index (κ3) is 1.92. The van der Waals surface area contributed by atoms with Crippen molar-refractivity contribution in [2.24, 2.45) is 11.8 Å². The molecule has 0 aliphatic carbocycles. The Morgan fingerprint density at radius 2 is 1.76 bits per heavy atom. The molecule has 3 heterocycles. The number of methoxy groups -OCH3 is 2. The van der Waals surface area contributed by atoms with E-state index in [0.717, 1.165) is 11.3 Å². The van der Waals surface area contributed by atoms with Crippen molar-refractivity contribution in [1.82, 2.24) is 4.90 Å². The third-order valence-corrected chi connectivity index (χ3v) is 8.78. The van der Waals surface area contributed by atoms with Gasteiger partial charge >= 0.3 is 11.9 Å². The minimum Gasteiger partial charge on any atom is -0.469 e. The fourth-order valence-electron chi connectivity index (χ4n) is 4.17. The molecule has 4 rings (SSSR count). The normalized spacial score (nSPS) is 35.6. The minimum absolute atomic E-state index is 0.121. The number of fused-ring (bicyclic) bond motifs is 1. The van der Waals surface area contributed by atoms with Crippen LogP contribution < -0.4 is 0 Å². The summed E-state index contributed by atoms with van der Waals surface area (Å²) in [6.07, 6.45) is 0. The molecule has 2 bridgehead atoms. The van der Waals surface area contributed by atoms with Gasteiger partial charge in [-0.05, 0) is 5.56 Å². The van der Waals surface area contributed by atoms with Crippen molar-refractivity contribution in [3.63, 3.8) is 0 Å². The van der Waals surface area contributed by atoms with Crippen molar-refractivity contribution in [2.45, 2.75) is 8.95 Å². The van der Waals surface area contributed by atoms with Gasteiger partial charge in [-0.15, -0.1) is 11.8 Å². The highest BCUT2D eigenvalue weighted by molar-refractivity contribution is 8.19. The van der Waals surface area contributed by atoms with Crippen molar-refractivity contribution < 1.29 is 23.9 Å². The molecule has 3 aliphatic heterocycles. The molecule has 8 heteroatoms. The number of carbonyl (C=O) groups excluding carboxylic acids is 3. The summed E-state index contributed by atoms with van der Waals surface area (Å²) in [6.45, 7) is 0.562. The number of carbonyl (C=O) groups is 3. The summed E-state index contributed by atoms with van der Waals surface area (Å²) in [7, 11) is 2.60. The number of rotatable bonds is 3. The summed E-state index contributed by atoms with van der Waals surface area (Å²) in [5.74, 6) is -2.10. The monoisotopic (exact) mass is 379 g/mol. The molecule has 0 unspecified atom stereocenters. The molecule has 3 fully saturated rings. The van der Waals surface area contributed by atoms with Crippen LogP contribution in [0.5, 0.6) is 0 Å². The predicted molar refractivity (Wildman–Crippen MR) is 93.6 cm³/mol. The molecule has 0 saturated carbocycles. The van der Waals surface area contributed by atoms with Gasteiger partial charge in [-0.2, -0.15) is 0 Å². The quantitative estimate of drug-likeness (QED) is 0.736. The maximum atomic E-state index is 13.4. The van der Waals surface area contributed by atoms with Gasteiger partial charge in [0.1, 0.15) is 16.6 Å². The molecule has 0 aromatic heterocycles. The number of hydrogen-bond acceptors (Lipinski definition) is 7. The van der Waals surface area contributed by atoms with Gasteiger partial charge in [0.15, 0.2) is 4.20 Å². The third-order valence-electron chi connectivity index (χ3n) is 5.15. The lowest BCUT2D eigenvalue weighted by Gasteiger charge is -2.40. The highest BCUT2D eigenvalue weighted by Gasteiger charge is 2.80. The number of hydrogen-bond donors (Lipinski definition) is 0. The lowest BCUT2D eigenvalue weighted by molar-refractivity contribution is -0.167. The van der Waals surface area contributed by atoms with Crippen molar-refractivity contribution >= 4 is 41.4 Å². The van der Waals surface area contributed by atoms with Crippen molar-refractivity contribution in [2.75, 3.05) is 26.5 Å². The fourth-order valence-corrected chi connectivity index (χ4v) is 8.28. The molecule has 1 aromatic rings. The minimum atomic E-state index is -1.15. The second-order valence-electron chi connectivity index (χ2n) is 6.14. The van der Waals surface area contributed by atoms with E-state index in [2.05, 4.69) is 0 Å². The van der Waals surface area contributed by atoms with E-state index in [1.165, 1.54) is 26.0 Å². The second-order valence-corrected chi connectivity index (χ2v) is 9.19. The molecular weight excluding hydrogens is 362 g/mol. The first-order chi connectivity index (χ1) is 12.0. The lowest BCUT2D eigenvalue weighted by atomic mass is 9.73. The molecule has 1 amide bonds. The van der Waals surface area contributed by atoms with Crippen LogP contribution in [0.4, 0.5) is 0 Å². The summed E-state index contributed by atoms with van der Waals surface area (Å²) in [4.78, 5) is 40.5. The zero-order valence-electron chi connectivity index (χ0n) is 13.8. The van der Waals surface area contributed by atoms with Crippen LogP contribution in [0.1, 0.15) is 5.56 Å². The number of piperidine rings is 1. The molecule has 0 radical (unpaired) electrons. The molecule has 1 spiro atoms. The first kappa shape index (κ1) is 16.8. The van der Waals surface area contributed by atoms with E-state index in [1.54, 1.807) is 16.7 Å². The highest BCUT2D eigenvalue weighted by atomic mass is 32.2. The topological polar surface area (TPSA) is 72.9 Å². The Hall–Kier alpha value is -1.67. The van der Waals surface area contributed by atoms with Crippen LogP contribution in [-0.2, 0) is 28.6 Å². The number of ether oxygens (including phenoxy) is 2. The van der Waals surface area contributed by atoms with Gasteiger partial charge in [0, 0.05) is 12.3 Å². The molecule has 25 heavy (non-hydrogen) atoms. The average Bonchev–Trinajstić information content (AvgIpc) is 3.27. The Morgan fingerprint density at radius 3 is 2.40 bits per heavy atom. The van der Waals surface area contributed by atoms with Gasteiger partial charge in [-0.1, -0.05) is 42.1 Å². The van der Waals surface area contributed by atoms with E-state index in [4.69, 9.17) is 9.47 Å². The molecule has 132 valence electrons. The number of benzene rings is 1. The van der Waals surface area contributed by atoms with Crippen molar-refractivity contribution in [1.29, 1.82) is 0 Å². The molecule has 1 aromatic carbocycles. The molecule has 3 aliphatic rings. The van der Waals surface area contributed by atoms with Crippen LogP contribution in [0.2, 0.25) is 0 Å². The molecule has 4 atom stereocenters. The Kier molecular flexibility index (Phi) is 3.81. The van der Waals surface area contributed by atoms with E-state index in [-0.39, 0.29) is 5.91 Å². The van der Waals surface area contributed by atoms with Crippen LogP contribution in [0, 0.1) is 11.8 Å². The largest absolute Gasteiger partial charge is 0.469 e. The van der Waals surface area contributed by atoms with Crippen molar-refractivity contribution in [3.05, 3.63) is 35.9 Å². The summed E-state index contributed by atoms with van der Waals surface area (Å²) >= 11 is 2.94. The van der Waals surface area contributed by atoms with E-state index in [9.17, 15) is 14.4 Å². The summed E-state index contributed by atoms with van der Waals surface area (Å²) < 4.78 is 8.07. The number of nitrogens with zero attached hydrogens (tertiary/aromatic N) is 1. The zero-order valence-corrected chi connectivity index (χ0v) is 15.4. The molecular formula is C17H17NO5S2. The summed E-state index contributed by atoms with van der Waals surface area (Å²) in [6, 6.07) is 9.19.